The van der Waals surface area contributed by atoms with Crippen molar-refractivity contribution in [2.75, 3.05) is 13.1 Å². The number of carbonyl (C=O) groups excluding carboxylic acids is 1. The van der Waals surface area contributed by atoms with E-state index >= 15 is 0 Å². The van der Waals surface area contributed by atoms with Crippen LogP contribution in [-0.4, -0.2) is 27.4 Å². The lowest BCUT2D eigenvalue weighted by Gasteiger charge is -2.08. The highest BCUT2D eigenvalue weighted by molar-refractivity contribution is 7.89. The molecule has 9 heteroatoms. The van der Waals surface area contributed by atoms with E-state index in [1.165, 1.54) is 35.6 Å². The third kappa shape index (κ3) is 4.47. The predicted octanol–water partition coefficient (Wildman–Crippen LogP) is 3.71. The maximum atomic E-state index is 13.4. The summed E-state index contributed by atoms with van der Waals surface area (Å²) in [6, 6.07) is 10.3. The standard InChI is InChI=1S/C18H16ClFN2O3S2/c1-11-15-10-13(20)5-6-16(15)26-17(11)18(23)21-7-8-22-27(24,25)14-4-2-3-12(19)9-14/h2-6,9-10,22H,7-8H2,1H3,(H,21,23). The van der Waals surface area contributed by atoms with Crippen molar-refractivity contribution < 1.29 is 17.6 Å². The van der Waals surface area contributed by atoms with E-state index in [2.05, 4.69) is 10.0 Å². The van der Waals surface area contributed by atoms with E-state index in [9.17, 15) is 17.6 Å². The Hall–Kier alpha value is -2.00. The van der Waals surface area contributed by atoms with Gasteiger partial charge in [0.05, 0.1) is 9.77 Å². The molecule has 0 atom stereocenters. The van der Waals surface area contributed by atoms with Gasteiger partial charge in [-0.05, 0) is 54.3 Å². The lowest BCUT2D eigenvalue weighted by molar-refractivity contribution is 0.0958. The van der Waals surface area contributed by atoms with Gasteiger partial charge in [0.2, 0.25) is 10.0 Å². The van der Waals surface area contributed by atoms with E-state index < -0.39 is 10.0 Å². The van der Waals surface area contributed by atoms with Gasteiger partial charge in [0.15, 0.2) is 0 Å². The van der Waals surface area contributed by atoms with Crippen LogP contribution in [0.25, 0.3) is 10.1 Å². The van der Waals surface area contributed by atoms with Gasteiger partial charge in [0.25, 0.3) is 5.91 Å². The largest absolute Gasteiger partial charge is 0.350 e. The number of thiophene rings is 1. The Morgan fingerprint density at radius 3 is 2.70 bits per heavy atom. The molecule has 0 radical (unpaired) electrons. The quantitative estimate of drug-likeness (QED) is 0.590. The van der Waals surface area contributed by atoms with Crippen molar-refractivity contribution in [3.8, 4) is 0 Å². The zero-order chi connectivity index (χ0) is 19.6. The molecule has 1 amide bonds. The van der Waals surface area contributed by atoms with Crippen LogP contribution < -0.4 is 10.0 Å². The fraction of sp³-hybridized carbons (Fsp3) is 0.167. The zero-order valence-electron chi connectivity index (χ0n) is 14.3. The number of fused-ring (bicyclic) bond motifs is 1. The first-order valence-electron chi connectivity index (χ1n) is 8.00. The second-order valence-electron chi connectivity index (χ2n) is 5.81. The molecule has 1 aromatic heterocycles. The fourth-order valence-electron chi connectivity index (χ4n) is 2.57. The average Bonchev–Trinajstić information content (AvgIpc) is 2.95. The highest BCUT2D eigenvalue weighted by Gasteiger charge is 2.17. The van der Waals surface area contributed by atoms with E-state index in [0.29, 0.717) is 20.8 Å². The molecule has 1 heterocycles. The Morgan fingerprint density at radius 1 is 1.19 bits per heavy atom. The van der Waals surface area contributed by atoms with Crippen LogP contribution in [0.1, 0.15) is 15.2 Å². The first-order valence-corrected chi connectivity index (χ1v) is 10.7. The van der Waals surface area contributed by atoms with Gasteiger partial charge in [0.1, 0.15) is 5.82 Å². The first-order chi connectivity index (χ1) is 12.8. The van der Waals surface area contributed by atoms with Gasteiger partial charge in [-0.2, -0.15) is 0 Å². The lowest BCUT2D eigenvalue weighted by Crippen LogP contribution is -2.34. The molecule has 0 aliphatic carbocycles. The van der Waals surface area contributed by atoms with E-state index in [4.69, 9.17) is 11.6 Å². The Balaban J connectivity index is 1.61. The van der Waals surface area contributed by atoms with Gasteiger partial charge in [-0.25, -0.2) is 17.5 Å². The Kier molecular flexibility index (Phi) is 5.81. The minimum atomic E-state index is -3.70. The molecule has 3 rings (SSSR count). The smallest absolute Gasteiger partial charge is 0.261 e. The van der Waals surface area contributed by atoms with Crippen LogP contribution in [0.4, 0.5) is 4.39 Å². The van der Waals surface area contributed by atoms with Crippen molar-refractivity contribution in [2.24, 2.45) is 0 Å². The topological polar surface area (TPSA) is 75.3 Å². The highest BCUT2D eigenvalue weighted by Crippen LogP contribution is 2.31. The zero-order valence-corrected chi connectivity index (χ0v) is 16.6. The maximum Gasteiger partial charge on any atom is 0.261 e. The van der Waals surface area contributed by atoms with E-state index in [1.807, 2.05) is 0 Å². The molecule has 0 saturated carbocycles. The second-order valence-corrected chi connectivity index (χ2v) is 9.06. The molecule has 142 valence electrons. The van der Waals surface area contributed by atoms with Crippen molar-refractivity contribution in [2.45, 2.75) is 11.8 Å². The number of sulfonamides is 1. The van der Waals surface area contributed by atoms with Gasteiger partial charge in [-0.1, -0.05) is 17.7 Å². The number of nitrogens with one attached hydrogen (secondary N) is 2. The van der Waals surface area contributed by atoms with Crippen LogP contribution in [0.3, 0.4) is 0 Å². The molecular weight excluding hydrogens is 411 g/mol. The van der Waals surface area contributed by atoms with Crippen molar-refractivity contribution in [1.29, 1.82) is 0 Å². The molecule has 2 aromatic carbocycles. The molecule has 0 aliphatic heterocycles. The van der Waals surface area contributed by atoms with Crippen molar-refractivity contribution in [3.05, 3.63) is 63.7 Å². The average molecular weight is 427 g/mol. The number of aryl methyl sites for hydroxylation is 1. The van der Waals surface area contributed by atoms with Crippen LogP contribution in [-0.2, 0) is 10.0 Å². The number of hydrogen-bond donors (Lipinski definition) is 2. The van der Waals surface area contributed by atoms with E-state index in [0.717, 1.165) is 4.70 Å². The second kappa shape index (κ2) is 7.93. The number of hydrogen-bond acceptors (Lipinski definition) is 4. The van der Waals surface area contributed by atoms with Crippen molar-refractivity contribution >= 4 is 49.0 Å². The van der Waals surface area contributed by atoms with Crippen LogP contribution in [0.2, 0.25) is 5.02 Å². The number of halogens is 2. The van der Waals surface area contributed by atoms with Gasteiger partial charge >= 0.3 is 0 Å². The van der Waals surface area contributed by atoms with Crippen LogP contribution in [0, 0.1) is 12.7 Å². The summed E-state index contributed by atoms with van der Waals surface area (Å²) < 4.78 is 41.0. The molecular formula is C18H16ClFN2O3S2. The Bertz CT molecular complexity index is 1110. The minimum absolute atomic E-state index is 0.0269. The number of benzene rings is 2. The van der Waals surface area contributed by atoms with Crippen LogP contribution >= 0.6 is 22.9 Å². The van der Waals surface area contributed by atoms with Crippen LogP contribution in [0.5, 0.6) is 0 Å². The maximum absolute atomic E-state index is 13.4. The van der Waals surface area contributed by atoms with Gasteiger partial charge in [-0.3, -0.25) is 4.79 Å². The molecule has 0 aliphatic rings. The summed E-state index contributed by atoms with van der Waals surface area (Å²) in [6.45, 7) is 1.90. The Morgan fingerprint density at radius 2 is 1.96 bits per heavy atom. The third-order valence-electron chi connectivity index (χ3n) is 3.91. The molecule has 0 spiro atoms. The molecule has 2 N–H and O–H groups in total. The molecule has 3 aromatic rings. The molecule has 0 bridgehead atoms. The number of carbonyl (C=O) groups is 1. The van der Waals surface area contributed by atoms with Gasteiger partial charge < -0.3 is 5.32 Å². The summed E-state index contributed by atoms with van der Waals surface area (Å²) in [6.07, 6.45) is 0. The van der Waals surface area contributed by atoms with Crippen molar-refractivity contribution in [3.63, 3.8) is 0 Å². The molecule has 0 unspecified atom stereocenters. The Labute approximate surface area is 165 Å². The minimum Gasteiger partial charge on any atom is -0.350 e. The van der Waals surface area contributed by atoms with E-state index in [1.54, 1.807) is 25.1 Å². The SMILES string of the molecule is Cc1c(C(=O)NCCNS(=O)(=O)c2cccc(Cl)c2)sc2ccc(F)cc12. The summed E-state index contributed by atoms with van der Waals surface area (Å²) in [4.78, 5) is 12.9. The first kappa shape index (κ1) is 19.8. The van der Waals surface area contributed by atoms with E-state index in [-0.39, 0.29) is 29.7 Å². The van der Waals surface area contributed by atoms with Gasteiger partial charge in [-0.15, -0.1) is 11.3 Å². The van der Waals surface area contributed by atoms with Gasteiger partial charge in [0, 0.05) is 22.8 Å². The highest BCUT2D eigenvalue weighted by atomic mass is 35.5. The predicted molar refractivity (Wildman–Crippen MR) is 105 cm³/mol. The van der Waals surface area contributed by atoms with Crippen molar-refractivity contribution in [1.82, 2.24) is 10.0 Å². The monoisotopic (exact) mass is 426 g/mol. The molecule has 0 saturated heterocycles. The molecule has 27 heavy (non-hydrogen) atoms. The number of rotatable bonds is 6. The number of amides is 1. The fourth-order valence-corrected chi connectivity index (χ4v) is 5.01. The summed E-state index contributed by atoms with van der Waals surface area (Å²) in [5, 5.41) is 3.70. The normalized spacial score (nSPS) is 11.7. The molecule has 0 fully saturated rings. The summed E-state index contributed by atoms with van der Waals surface area (Å²) in [7, 11) is -3.70. The van der Waals surface area contributed by atoms with Crippen LogP contribution in [0.15, 0.2) is 47.4 Å². The summed E-state index contributed by atoms with van der Waals surface area (Å²) >= 11 is 7.08. The third-order valence-corrected chi connectivity index (χ3v) is 6.88. The lowest BCUT2D eigenvalue weighted by atomic mass is 10.1. The molecule has 5 nitrogen and oxygen atoms in total. The summed E-state index contributed by atoms with van der Waals surface area (Å²) in [5.74, 6) is -0.679. The summed E-state index contributed by atoms with van der Waals surface area (Å²) in [5.41, 5.74) is 0.700.